The molecular formula is C13H21N3. The topological polar surface area (TPSA) is 28.2 Å². The van der Waals surface area contributed by atoms with Crippen molar-refractivity contribution in [1.29, 1.82) is 0 Å². The quantitative estimate of drug-likeness (QED) is 0.835. The first kappa shape index (κ1) is 11.6. The molecule has 0 saturated carbocycles. The van der Waals surface area contributed by atoms with Gasteiger partial charge in [0.15, 0.2) is 0 Å². The first-order valence-corrected chi connectivity index (χ1v) is 6.13. The normalized spacial score (nSPS) is 26.1. The third-order valence-electron chi connectivity index (χ3n) is 3.48. The van der Waals surface area contributed by atoms with E-state index < -0.39 is 0 Å². The number of nitrogens with zero attached hydrogens (tertiary/aromatic N) is 2. The number of hydrogen-bond donors (Lipinski definition) is 1. The number of rotatable bonds is 4. The standard InChI is InChI=1S/C13H21N3/c1-3-14-10-12-6-9-16(2)13(12)11-4-7-15-8-5-11/h4-5,7-8,12-14H,3,6,9-10H2,1-2H3. The van der Waals surface area contributed by atoms with Gasteiger partial charge in [0.25, 0.3) is 0 Å². The molecule has 88 valence electrons. The summed E-state index contributed by atoms with van der Waals surface area (Å²) in [5.41, 5.74) is 1.40. The molecule has 1 saturated heterocycles. The molecule has 0 aromatic carbocycles. The van der Waals surface area contributed by atoms with E-state index in [0.29, 0.717) is 6.04 Å². The van der Waals surface area contributed by atoms with Crippen molar-refractivity contribution in [2.75, 3.05) is 26.7 Å². The van der Waals surface area contributed by atoms with Crippen LogP contribution >= 0.6 is 0 Å². The second-order valence-electron chi connectivity index (χ2n) is 4.56. The Balaban J connectivity index is 2.10. The van der Waals surface area contributed by atoms with Gasteiger partial charge in [0.1, 0.15) is 0 Å². The van der Waals surface area contributed by atoms with Crippen LogP contribution in [0.2, 0.25) is 0 Å². The van der Waals surface area contributed by atoms with Crippen molar-refractivity contribution in [3.8, 4) is 0 Å². The van der Waals surface area contributed by atoms with Gasteiger partial charge in [0.2, 0.25) is 0 Å². The van der Waals surface area contributed by atoms with Crippen LogP contribution in [0, 0.1) is 5.92 Å². The molecule has 3 heteroatoms. The van der Waals surface area contributed by atoms with E-state index in [0.717, 1.165) is 19.0 Å². The highest BCUT2D eigenvalue weighted by molar-refractivity contribution is 5.17. The molecule has 1 aliphatic rings. The summed E-state index contributed by atoms with van der Waals surface area (Å²) in [4.78, 5) is 6.55. The summed E-state index contributed by atoms with van der Waals surface area (Å²) in [5, 5.41) is 3.47. The zero-order chi connectivity index (χ0) is 11.4. The van der Waals surface area contributed by atoms with Gasteiger partial charge in [-0.3, -0.25) is 9.88 Å². The van der Waals surface area contributed by atoms with E-state index in [2.05, 4.69) is 41.3 Å². The smallest absolute Gasteiger partial charge is 0.0386 e. The lowest BCUT2D eigenvalue weighted by Gasteiger charge is -2.25. The fourth-order valence-electron chi connectivity index (χ4n) is 2.66. The van der Waals surface area contributed by atoms with E-state index >= 15 is 0 Å². The van der Waals surface area contributed by atoms with Crippen molar-refractivity contribution in [2.45, 2.75) is 19.4 Å². The zero-order valence-corrected chi connectivity index (χ0v) is 10.2. The number of likely N-dealkylation sites (tertiary alicyclic amines) is 1. The number of nitrogens with one attached hydrogen (secondary N) is 1. The van der Waals surface area contributed by atoms with Gasteiger partial charge in [0.05, 0.1) is 0 Å². The highest BCUT2D eigenvalue weighted by atomic mass is 15.2. The second-order valence-corrected chi connectivity index (χ2v) is 4.56. The molecule has 2 heterocycles. The minimum atomic E-state index is 0.557. The molecule has 0 radical (unpaired) electrons. The van der Waals surface area contributed by atoms with Gasteiger partial charge in [-0.1, -0.05) is 6.92 Å². The van der Waals surface area contributed by atoms with Gasteiger partial charge in [-0.25, -0.2) is 0 Å². The molecule has 16 heavy (non-hydrogen) atoms. The van der Waals surface area contributed by atoms with Crippen molar-refractivity contribution in [1.82, 2.24) is 15.2 Å². The lowest BCUT2D eigenvalue weighted by atomic mass is 9.94. The molecule has 1 aromatic heterocycles. The Morgan fingerprint density at radius 2 is 2.19 bits per heavy atom. The van der Waals surface area contributed by atoms with Gasteiger partial charge in [0, 0.05) is 18.4 Å². The third kappa shape index (κ3) is 2.42. The summed E-state index contributed by atoms with van der Waals surface area (Å²) in [7, 11) is 2.22. The van der Waals surface area contributed by atoms with E-state index in [9.17, 15) is 0 Å². The predicted octanol–water partition coefficient (Wildman–Crippen LogP) is 1.68. The maximum absolute atomic E-state index is 4.09. The van der Waals surface area contributed by atoms with Crippen molar-refractivity contribution >= 4 is 0 Å². The van der Waals surface area contributed by atoms with Crippen LogP contribution < -0.4 is 5.32 Å². The van der Waals surface area contributed by atoms with E-state index in [4.69, 9.17) is 0 Å². The van der Waals surface area contributed by atoms with Crippen LogP contribution in [0.5, 0.6) is 0 Å². The molecule has 0 spiro atoms. The Labute approximate surface area is 97.9 Å². The summed E-state index contributed by atoms with van der Waals surface area (Å²) >= 11 is 0. The van der Waals surface area contributed by atoms with E-state index in [1.54, 1.807) is 0 Å². The molecule has 1 fully saturated rings. The van der Waals surface area contributed by atoms with Crippen molar-refractivity contribution < 1.29 is 0 Å². The Hall–Kier alpha value is -0.930. The molecule has 2 rings (SSSR count). The van der Waals surface area contributed by atoms with Gasteiger partial charge in [-0.05, 0) is 56.7 Å². The molecule has 2 unspecified atom stereocenters. The highest BCUT2D eigenvalue weighted by Crippen LogP contribution is 2.35. The molecule has 1 aromatic rings. The first-order chi connectivity index (χ1) is 7.83. The van der Waals surface area contributed by atoms with E-state index in [1.165, 1.54) is 18.5 Å². The van der Waals surface area contributed by atoms with Crippen LogP contribution in [0.25, 0.3) is 0 Å². The Bertz CT molecular complexity index is 312. The fourth-order valence-corrected chi connectivity index (χ4v) is 2.66. The fraction of sp³-hybridized carbons (Fsp3) is 0.615. The molecule has 3 nitrogen and oxygen atoms in total. The molecule has 0 amide bonds. The van der Waals surface area contributed by atoms with Crippen LogP contribution in [0.15, 0.2) is 24.5 Å². The van der Waals surface area contributed by atoms with Crippen LogP contribution in [0.1, 0.15) is 24.9 Å². The Morgan fingerprint density at radius 3 is 2.88 bits per heavy atom. The van der Waals surface area contributed by atoms with Crippen molar-refractivity contribution in [2.24, 2.45) is 5.92 Å². The minimum absolute atomic E-state index is 0.557. The molecule has 0 aliphatic carbocycles. The van der Waals surface area contributed by atoms with Gasteiger partial charge in [-0.15, -0.1) is 0 Å². The number of hydrogen-bond acceptors (Lipinski definition) is 3. The number of aromatic nitrogens is 1. The summed E-state index contributed by atoms with van der Waals surface area (Å²) in [6.07, 6.45) is 5.08. The van der Waals surface area contributed by atoms with Crippen molar-refractivity contribution in [3.63, 3.8) is 0 Å². The molecular weight excluding hydrogens is 198 g/mol. The monoisotopic (exact) mass is 219 g/mol. The van der Waals surface area contributed by atoms with Gasteiger partial charge >= 0.3 is 0 Å². The first-order valence-electron chi connectivity index (χ1n) is 6.13. The highest BCUT2D eigenvalue weighted by Gasteiger charge is 2.32. The summed E-state index contributed by atoms with van der Waals surface area (Å²) in [6.45, 7) is 5.54. The Morgan fingerprint density at radius 1 is 1.44 bits per heavy atom. The molecule has 1 aliphatic heterocycles. The Kier molecular flexibility index (Phi) is 3.91. The van der Waals surface area contributed by atoms with Crippen LogP contribution in [-0.4, -0.2) is 36.6 Å². The largest absolute Gasteiger partial charge is 0.317 e. The molecule has 2 atom stereocenters. The average molecular weight is 219 g/mol. The zero-order valence-electron chi connectivity index (χ0n) is 10.2. The van der Waals surface area contributed by atoms with Crippen LogP contribution in [0.4, 0.5) is 0 Å². The minimum Gasteiger partial charge on any atom is -0.317 e. The van der Waals surface area contributed by atoms with Crippen LogP contribution in [0.3, 0.4) is 0 Å². The summed E-state index contributed by atoms with van der Waals surface area (Å²) in [5.74, 6) is 0.729. The summed E-state index contributed by atoms with van der Waals surface area (Å²) < 4.78 is 0. The van der Waals surface area contributed by atoms with E-state index in [1.807, 2.05) is 12.4 Å². The van der Waals surface area contributed by atoms with E-state index in [-0.39, 0.29) is 0 Å². The number of pyridine rings is 1. The molecule has 1 N–H and O–H groups in total. The lowest BCUT2D eigenvalue weighted by Crippen LogP contribution is -2.28. The maximum Gasteiger partial charge on any atom is 0.0386 e. The van der Waals surface area contributed by atoms with Crippen molar-refractivity contribution in [3.05, 3.63) is 30.1 Å². The van der Waals surface area contributed by atoms with Gasteiger partial charge in [-0.2, -0.15) is 0 Å². The lowest BCUT2D eigenvalue weighted by molar-refractivity contribution is 0.272. The molecule has 0 bridgehead atoms. The third-order valence-corrected chi connectivity index (χ3v) is 3.48. The maximum atomic E-state index is 4.09. The van der Waals surface area contributed by atoms with Gasteiger partial charge < -0.3 is 5.32 Å². The second kappa shape index (κ2) is 5.41. The average Bonchev–Trinajstić information content (AvgIpc) is 2.69. The summed E-state index contributed by atoms with van der Waals surface area (Å²) in [6, 6.07) is 4.85. The predicted molar refractivity (Wildman–Crippen MR) is 66.3 cm³/mol. The SMILES string of the molecule is CCNCC1CCN(C)C1c1ccncc1. The van der Waals surface area contributed by atoms with Crippen LogP contribution in [-0.2, 0) is 0 Å².